The van der Waals surface area contributed by atoms with Gasteiger partial charge in [0.15, 0.2) is 11.5 Å². The molecule has 0 fully saturated rings. The summed E-state index contributed by atoms with van der Waals surface area (Å²) in [6.07, 6.45) is 0. The summed E-state index contributed by atoms with van der Waals surface area (Å²) in [5, 5.41) is 8.23. The highest BCUT2D eigenvalue weighted by Gasteiger charge is 2.25. The van der Waals surface area contributed by atoms with Crippen LogP contribution in [0.2, 0.25) is 0 Å². The van der Waals surface area contributed by atoms with Gasteiger partial charge in [-0.2, -0.15) is 0 Å². The zero-order valence-corrected chi connectivity index (χ0v) is 14.4. The number of hydrogen-bond acceptors (Lipinski definition) is 7. The van der Waals surface area contributed by atoms with Gasteiger partial charge in [-0.1, -0.05) is 30.3 Å². The number of anilines is 1. The van der Waals surface area contributed by atoms with Crippen LogP contribution in [0.4, 0.5) is 5.82 Å². The first-order chi connectivity index (χ1) is 12.6. The second kappa shape index (κ2) is 7.22. The molecule has 0 spiro atoms. The summed E-state index contributed by atoms with van der Waals surface area (Å²) in [5.74, 6) is -0.745. The second-order valence-electron chi connectivity index (χ2n) is 5.35. The molecule has 0 aliphatic heterocycles. The number of carbonyl (C=O) groups is 2. The van der Waals surface area contributed by atoms with Crippen molar-refractivity contribution in [3.8, 4) is 11.4 Å². The van der Waals surface area contributed by atoms with Crippen molar-refractivity contribution in [1.29, 1.82) is 0 Å². The van der Waals surface area contributed by atoms with E-state index in [0.29, 0.717) is 5.82 Å². The predicted octanol–water partition coefficient (Wildman–Crippen LogP) is 2.33. The average molecular weight is 354 g/mol. The Labute approximate surface area is 149 Å². The highest BCUT2D eigenvalue weighted by molar-refractivity contribution is 6.02. The molecular weight excluding hydrogens is 336 g/mol. The normalized spacial score (nSPS) is 10.7. The van der Waals surface area contributed by atoms with Gasteiger partial charge in [-0.15, -0.1) is 10.2 Å². The maximum atomic E-state index is 12.4. The molecule has 2 aromatic heterocycles. The van der Waals surface area contributed by atoms with E-state index in [-0.39, 0.29) is 35.8 Å². The first kappa shape index (κ1) is 17.4. The molecule has 0 bridgehead atoms. The van der Waals surface area contributed by atoms with Crippen LogP contribution in [0, 0.1) is 0 Å². The molecule has 1 aromatic carbocycles. The molecular formula is C18H18N4O4. The molecule has 8 nitrogen and oxygen atoms in total. The Morgan fingerprint density at radius 1 is 1.00 bits per heavy atom. The van der Waals surface area contributed by atoms with E-state index in [4.69, 9.17) is 15.2 Å². The third kappa shape index (κ3) is 2.97. The molecule has 8 heteroatoms. The Morgan fingerprint density at radius 2 is 1.62 bits per heavy atom. The number of pyridine rings is 1. The number of nitrogens with zero attached hydrogens (tertiary/aromatic N) is 3. The van der Waals surface area contributed by atoms with Crippen molar-refractivity contribution >= 4 is 23.4 Å². The van der Waals surface area contributed by atoms with E-state index in [1.165, 1.54) is 10.5 Å². The van der Waals surface area contributed by atoms with E-state index in [9.17, 15) is 9.59 Å². The van der Waals surface area contributed by atoms with Crippen molar-refractivity contribution in [2.75, 3.05) is 18.9 Å². The van der Waals surface area contributed by atoms with E-state index >= 15 is 0 Å². The summed E-state index contributed by atoms with van der Waals surface area (Å²) < 4.78 is 11.6. The molecule has 134 valence electrons. The highest BCUT2D eigenvalue weighted by atomic mass is 16.5. The lowest BCUT2D eigenvalue weighted by Gasteiger charge is -2.12. The Kier molecular flexibility index (Phi) is 4.83. The molecule has 3 rings (SSSR count). The van der Waals surface area contributed by atoms with Gasteiger partial charge in [-0.3, -0.25) is 4.40 Å². The Hall–Kier alpha value is -3.42. The van der Waals surface area contributed by atoms with Gasteiger partial charge in [0.1, 0.15) is 16.9 Å². The number of hydrogen-bond donors (Lipinski definition) is 1. The molecule has 0 amide bonds. The van der Waals surface area contributed by atoms with Crippen molar-refractivity contribution in [2.24, 2.45) is 0 Å². The molecule has 2 heterocycles. The van der Waals surface area contributed by atoms with Gasteiger partial charge >= 0.3 is 11.9 Å². The van der Waals surface area contributed by atoms with Gasteiger partial charge in [-0.25, -0.2) is 9.59 Å². The lowest BCUT2D eigenvalue weighted by atomic mass is 10.1. The minimum Gasteiger partial charge on any atom is -0.462 e. The number of rotatable bonds is 5. The van der Waals surface area contributed by atoms with Crippen LogP contribution in [0.1, 0.15) is 34.6 Å². The van der Waals surface area contributed by atoms with Gasteiger partial charge in [0.2, 0.25) is 0 Å². The summed E-state index contributed by atoms with van der Waals surface area (Å²) in [4.78, 5) is 24.7. The van der Waals surface area contributed by atoms with Crippen LogP contribution in [-0.2, 0) is 9.47 Å². The number of benzene rings is 1. The van der Waals surface area contributed by atoms with Crippen LogP contribution in [0.5, 0.6) is 0 Å². The first-order valence-corrected chi connectivity index (χ1v) is 8.15. The van der Waals surface area contributed by atoms with Gasteiger partial charge in [-0.05, 0) is 19.9 Å². The third-order valence-electron chi connectivity index (χ3n) is 3.73. The average Bonchev–Trinajstić information content (AvgIpc) is 3.08. The monoisotopic (exact) mass is 354 g/mol. The summed E-state index contributed by atoms with van der Waals surface area (Å²) in [6, 6.07) is 10.5. The predicted molar refractivity (Wildman–Crippen MR) is 94.7 cm³/mol. The standard InChI is InChI=1S/C18H18N4O4/c1-3-25-17(23)12-10-13(18(24)26-4-2)16-21-20-15(22(16)14(12)19)11-8-6-5-7-9-11/h5-10H,3-4,19H2,1-2H3. The van der Waals surface area contributed by atoms with Crippen molar-refractivity contribution < 1.29 is 19.1 Å². The summed E-state index contributed by atoms with van der Waals surface area (Å²) in [6.45, 7) is 3.74. The van der Waals surface area contributed by atoms with Crippen molar-refractivity contribution in [1.82, 2.24) is 14.6 Å². The van der Waals surface area contributed by atoms with E-state index in [0.717, 1.165) is 5.56 Å². The Morgan fingerprint density at radius 3 is 2.23 bits per heavy atom. The minimum absolute atomic E-state index is 0.0550. The van der Waals surface area contributed by atoms with Gasteiger partial charge in [0, 0.05) is 5.56 Å². The van der Waals surface area contributed by atoms with Crippen molar-refractivity contribution in [3.05, 3.63) is 47.5 Å². The maximum Gasteiger partial charge on any atom is 0.342 e. The number of ether oxygens (including phenoxy) is 2. The molecule has 26 heavy (non-hydrogen) atoms. The number of esters is 2. The third-order valence-corrected chi connectivity index (χ3v) is 3.73. The van der Waals surface area contributed by atoms with Crippen molar-refractivity contribution in [3.63, 3.8) is 0 Å². The Balaban J connectivity index is 2.31. The van der Waals surface area contributed by atoms with E-state index in [2.05, 4.69) is 10.2 Å². The van der Waals surface area contributed by atoms with E-state index in [1.807, 2.05) is 30.3 Å². The largest absolute Gasteiger partial charge is 0.462 e. The smallest absolute Gasteiger partial charge is 0.342 e. The summed E-state index contributed by atoms with van der Waals surface area (Å²) in [7, 11) is 0. The molecule has 3 aromatic rings. The van der Waals surface area contributed by atoms with Crippen LogP contribution in [0.3, 0.4) is 0 Å². The Bertz CT molecular complexity index is 966. The first-order valence-electron chi connectivity index (χ1n) is 8.15. The number of carbonyl (C=O) groups excluding carboxylic acids is 2. The van der Waals surface area contributed by atoms with E-state index < -0.39 is 11.9 Å². The minimum atomic E-state index is -0.634. The SMILES string of the molecule is CCOC(=O)c1cc(C(=O)OCC)c2nnc(-c3ccccc3)n2c1N. The molecule has 0 unspecified atom stereocenters. The van der Waals surface area contributed by atoms with Crippen LogP contribution >= 0.6 is 0 Å². The molecule has 0 aliphatic rings. The fourth-order valence-corrected chi connectivity index (χ4v) is 2.60. The van der Waals surface area contributed by atoms with Crippen LogP contribution in [0.15, 0.2) is 36.4 Å². The maximum absolute atomic E-state index is 12.4. The number of aromatic nitrogens is 3. The van der Waals surface area contributed by atoms with Crippen LogP contribution in [-0.4, -0.2) is 39.8 Å². The quantitative estimate of drug-likeness (QED) is 0.700. The van der Waals surface area contributed by atoms with Gasteiger partial charge < -0.3 is 15.2 Å². The van der Waals surface area contributed by atoms with Crippen molar-refractivity contribution in [2.45, 2.75) is 13.8 Å². The zero-order chi connectivity index (χ0) is 18.7. The molecule has 0 saturated carbocycles. The van der Waals surface area contributed by atoms with Crippen LogP contribution in [0.25, 0.3) is 17.0 Å². The number of nitrogens with two attached hydrogens (primary N) is 1. The molecule has 0 atom stereocenters. The lowest BCUT2D eigenvalue weighted by molar-refractivity contribution is 0.0526. The molecule has 0 aliphatic carbocycles. The summed E-state index contributed by atoms with van der Waals surface area (Å²) >= 11 is 0. The fraction of sp³-hybridized carbons (Fsp3) is 0.222. The summed E-state index contributed by atoms with van der Waals surface area (Å²) in [5.41, 5.74) is 7.31. The fourth-order valence-electron chi connectivity index (χ4n) is 2.60. The molecule has 0 radical (unpaired) electrons. The molecule has 0 saturated heterocycles. The van der Waals surface area contributed by atoms with E-state index in [1.54, 1.807) is 13.8 Å². The van der Waals surface area contributed by atoms with Gasteiger partial charge in [0.25, 0.3) is 0 Å². The second-order valence-corrected chi connectivity index (χ2v) is 5.35. The highest BCUT2D eigenvalue weighted by Crippen LogP contribution is 2.27. The molecule has 2 N–H and O–H groups in total. The number of fused-ring (bicyclic) bond motifs is 1. The number of nitrogen functional groups attached to an aromatic ring is 1. The van der Waals surface area contributed by atoms with Crippen LogP contribution < -0.4 is 5.73 Å². The zero-order valence-electron chi connectivity index (χ0n) is 14.4. The lowest BCUT2D eigenvalue weighted by Crippen LogP contribution is -2.16. The topological polar surface area (TPSA) is 109 Å². The van der Waals surface area contributed by atoms with Gasteiger partial charge in [0.05, 0.1) is 13.2 Å².